The molecule has 1 aromatic rings. The minimum absolute atomic E-state index is 0.0714. The molecule has 2 aliphatic heterocycles. The molecule has 1 unspecified atom stereocenters. The molecule has 0 amide bonds. The Morgan fingerprint density at radius 2 is 2.00 bits per heavy atom. The second-order valence-electron chi connectivity index (χ2n) is 7.13. The molecule has 0 aliphatic carbocycles. The first kappa shape index (κ1) is 19.3. The summed E-state index contributed by atoms with van der Waals surface area (Å²) in [5.41, 5.74) is -0.280. The zero-order valence-corrected chi connectivity index (χ0v) is 14.8. The molecule has 2 fully saturated rings. The summed E-state index contributed by atoms with van der Waals surface area (Å²) < 4.78 is 43.8. The zero-order valence-electron chi connectivity index (χ0n) is 14.8. The summed E-state index contributed by atoms with van der Waals surface area (Å²) in [6.45, 7) is 3.20. The number of carbonyl (C=O) groups excluding carboxylic acids is 1. The van der Waals surface area contributed by atoms with Crippen LogP contribution in [0, 0.1) is 0 Å². The maximum Gasteiger partial charge on any atom is 0.433 e. The van der Waals surface area contributed by atoms with E-state index in [4.69, 9.17) is 4.74 Å². The van der Waals surface area contributed by atoms with E-state index >= 15 is 0 Å². The van der Waals surface area contributed by atoms with Crippen LogP contribution in [-0.4, -0.2) is 48.0 Å². The van der Waals surface area contributed by atoms with Crippen LogP contribution < -0.4 is 0 Å². The van der Waals surface area contributed by atoms with Crippen molar-refractivity contribution in [2.75, 3.05) is 26.2 Å². The summed E-state index contributed by atoms with van der Waals surface area (Å²) in [4.78, 5) is 18.1. The van der Waals surface area contributed by atoms with E-state index in [0.717, 1.165) is 57.8 Å². The topological polar surface area (TPSA) is 42.4 Å². The molecule has 0 spiro atoms. The predicted molar refractivity (Wildman–Crippen MR) is 90.9 cm³/mol. The standard InChI is InChI=1S/C19H25F3N2O2/c20-19(21,22)18-7-1-4-15(23-18)14-8-11-24(12-9-14)10-2-5-16(25)17-6-3-13-26-17/h1,4,7,14,17H,2-3,5-6,8-13H2. The van der Waals surface area contributed by atoms with Gasteiger partial charge in [-0.15, -0.1) is 0 Å². The van der Waals surface area contributed by atoms with E-state index in [-0.39, 0.29) is 17.8 Å². The molecule has 144 valence electrons. The number of rotatable bonds is 6. The summed E-state index contributed by atoms with van der Waals surface area (Å²) >= 11 is 0. The lowest BCUT2D eigenvalue weighted by Crippen LogP contribution is -2.34. The number of likely N-dealkylation sites (tertiary alicyclic amines) is 1. The second-order valence-corrected chi connectivity index (χ2v) is 7.13. The average molecular weight is 370 g/mol. The maximum atomic E-state index is 12.8. The van der Waals surface area contributed by atoms with Gasteiger partial charge in [-0.05, 0) is 63.9 Å². The SMILES string of the molecule is O=C(CCCN1CCC(c2cccc(C(F)(F)F)n2)CC1)C1CCCO1. The molecule has 0 bridgehead atoms. The minimum Gasteiger partial charge on any atom is -0.370 e. The molecule has 0 N–H and O–H groups in total. The van der Waals surface area contributed by atoms with Crippen molar-refractivity contribution < 1.29 is 22.7 Å². The van der Waals surface area contributed by atoms with Gasteiger partial charge in [0.15, 0.2) is 5.78 Å². The number of ketones is 1. The predicted octanol–water partition coefficient (Wildman–Crippen LogP) is 3.81. The van der Waals surface area contributed by atoms with Crippen molar-refractivity contribution in [3.8, 4) is 0 Å². The molecule has 4 nitrogen and oxygen atoms in total. The van der Waals surface area contributed by atoms with Crippen molar-refractivity contribution in [1.82, 2.24) is 9.88 Å². The fraction of sp³-hybridized carbons (Fsp3) is 0.684. The number of hydrogen-bond acceptors (Lipinski definition) is 4. The Bertz CT molecular complexity index is 607. The smallest absolute Gasteiger partial charge is 0.370 e. The number of pyridine rings is 1. The number of ether oxygens (including phenoxy) is 1. The minimum atomic E-state index is -4.40. The fourth-order valence-corrected chi connectivity index (χ4v) is 3.76. The molecule has 7 heteroatoms. The number of halogens is 3. The number of hydrogen-bond donors (Lipinski definition) is 0. The summed E-state index contributed by atoms with van der Waals surface area (Å²) in [5.74, 6) is 0.271. The van der Waals surface area contributed by atoms with E-state index < -0.39 is 11.9 Å². The molecule has 1 atom stereocenters. The Labute approximate surface area is 151 Å². The van der Waals surface area contributed by atoms with Crippen LogP contribution in [0.25, 0.3) is 0 Å². The Balaban J connectivity index is 1.42. The van der Waals surface area contributed by atoms with Gasteiger partial charge in [-0.3, -0.25) is 4.79 Å². The molecular formula is C19H25F3N2O2. The molecule has 3 heterocycles. The first-order valence-corrected chi connectivity index (χ1v) is 9.34. The molecule has 26 heavy (non-hydrogen) atoms. The van der Waals surface area contributed by atoms with Crippen LogP contribution in [-0.2, 0) is 15.7 Å². The summed E-state index contributed by atoms with van der Waals surface area (Å²) in [6.07, 6.45) is 0.161. The third-order valence-corrected chi connectivity index (χ3v) is 5.25. The van der Waals surface area contributed by atoms with E-state index in [0.29, 0.717) is 18.7 Å². The van der Waals surface area contributed by atoms with Gasteiger partial charge in [0.05, 0.1) is 0 Å². The molecule has 0 saturated carbocycles. The lowest BCUT2D eigenvalue weighted by molar-refractivity contribution is -0.141. The van der Waals surface area contributed by atoms with Gasteiger partial charge < -0.3 is 9.64 Å². The van der Waals surface area contributed by atoms with Gasteiger partial charge in [0.25, 0.3) is 0 Å². The molecule has 3 rings (SSSR count). The highest BCUT2D eigenvalue weighted by atomic mass is 19.4. The molecular weight excluding hydrogens is 345 g/mol. The number of nitrogens with zero attached hydrogens (tertiary/aromatic N) is 2. The first-order valence-electron chi connectivity index (χ1n) is 9.34. The number of piperidine rings is 1. The van der Waals surface area contributed by atoms with Gasteiger partial charge in [-0.25, -0.2) is 4.98 Å². The van der Waals surface area contributed by atoms with Gasteiger partial charge in [0, 0.05) is 24.6 Å². The van der Waals surface area contributed by atoms with E-state index in [2.05, 4.69) is 9.88 Å². The van der Waals surface area contributed by atoms with Crippen LogP contribution in [0.1, 0.15) is 55.8 Å². The highest BCUT2D eigenvalue weighted by molar-refractivity contribution is 5.83. The third-order valence-electron chi connectivity index (χ3n) is 5.25. The lowest BCUT2D eigenvalue weighted by atomic mass is 9.92. The average Bonchev–Trinajstić information content (AvgIpc) is 3.16. The van der Waals surface area contributed by atoms with Crippen molar-refractivity contribution in [2.24, 2.45) is 0 Å². The van der Waals surface area contributed by atoms with Gasteiger partial charge in [0.2, 0.25) is 0 Å². The van der Waals surface area contributed by atoms with Crippen LogP contribution in [0.4, 0.5) is 13.2 Å². The lowest BCUT2D eigenvalue weighted by Gasteiger charge is -2.31. The molecule has 2 aliphatic rings. The monoisotopic (exact) mass is 370 g/mol. The van der Waals surface area contributed by atoms with Crippen molar-refractivity contribution in [1.29, 1.82) is 0 Å². The Hall–Kier alpha value is -1.47. The summed E-state index contributed by atoms with van der Waals surface area (Å²) in [7, 11) is 0. The number of alkyl halides is 3. The van der Waals surface area contributed by atoms with E-state index in [1.54, 1.807) is 6.07 Å². The largest absolute Gasteiger partial charge is 0.433 e. The van der Waals surface area contributed by atoms with E-state index in [1.807, 2.05) is 0 Å². The van der Waals surface area contributed by atoms with Crippen molar-refractivity contribution in [3.05, 3.63) is 29.6 Å². The molecule has 0 radical (unpaired) electrons. The summed E-state index contributed by atoms with van der Waals surface area (Å²) in [6, 6.07) is 4.15. The number of Topliss-reactive ketones (excluding diaryl/α,β-unsaturated/α-hetero) is 1. The third kappa shape index (κ3) is 5.04. The normalized spacial score (nSPS) is 22.7. The van der Waals surface area contributed by atoms with E-state index in [9.17, 15) is 18.0 Å². The van der Waals surface area contributed by atoms with Crippen LogP contribution in [0.15, 0.2) is 18.2 Å². The Kier molecular flexibility index (Phi) is 6.29. The fourth-order valence-electron chi connectivity index (χ4n) is 3.76. The van der Waals surface area contributed by atoms with Crippen LogP contribution >= 0.6 is 0 Å². The number of carbonyl (C=O) groups is 1. The van der Waals surface area contributed by atoms with Crippen molar-refractivity contribution >= 4 is 5.78 Å². The highest BCUT2D eigenvalue weighted by Gasteiger charge is 2.33. The van der Waals surface area contributed by atoms with Gasteiger partial charge in [-0.1, -0.05) is 6.07 Å². The summed E-state index contributed by atoms with van der Waals surface area (Å²) in [5, 5.41) is 0. The zero-order chi connectivity index (χ0) is 18.6. The Morgan fingerprint density at radius 3 is 2.65 bits per heavy atom. The maximum absolute atomic E-state index is 12.8. The van der Waals surface area contributed by atoms with Crippen LogP contribution in [0.3, 0.4) is 0 Å². The molecule has 1 aromatic heterocycles. The quantitative estimate of drug-likeness (QED) is 0.764. The highest BCUT2D eigenvalue weighted by Crippen LogP contribution is 2.31. The van der Waals surface area contributed by atoms with Gasteiger partial charge in [-0.2, -0.15) is 13.2 Å². The van der Waals surface area contributed by atoms with Crippen molar-refractivity contribution in [2.45, 2.75) is 56.7 Å². The van der Waals surface area contributed by atoms with Crippen molar-refractivity contribution in [3.63, 3.8) is 0 Å². The first-order chi connectivity index (χ1) is 12.4. The van der Waals surface area contributed by atoms with E-state index in [1.165, 1.54) is 6.07 Å². The van der Waals surface area contributed by atoms with Crippen LogP contribution in [0.5, 0.6) is 0 Å². The van der Waals surface area contributed by atoms with Crippen LogP contribution in [0.2, 0.25) is 0 Å². The molecule has 2 saturated heterocycles. The second kappa shape index (κ2) is 8.48. The van der Waals surface area contributed by atoms with Gasteiger partial charge in [0.1, 0.15) is 11.8 Å². The number of aromatic nitrogens is 1. The van der Waals surface area contributed by atoms with Gasteiger partial charge >= 0.3 is 6.18 Å². The molecule has 0 aromatic carbocycles. The Morgan fingerprint density at radius 1 is 1.23 bits per heavy atom.